The third kappa shape index (κ3) is 9.98. The third-order valence-corrected chi connectivity index (χ3v) is 9.58. The molecule has 3 rings (SSSR count). The molecular formula is C37H51F3O5. The molecule has 45 heavy (non-hydrogen) atoms. The summed E-state index contributed by atoms with van der Waals surface area (Å²) in [7, 11) is 0. The number of esters is 1. The lowest BCUT2D eigenvalue weighted by molar-refractivity contribution is -0.162. The van der Waals surface area contributed by atoms with E-state index in [1.54, 1.807) is 26.0 Å². The first-order chi connectivity index (χ1) is 21.6. The fraction of sp³-hybridized carbons (Fsp3) is 0.622. The number of carboxylic acids is 1. The van der Waals surface area contributed by atoms with Gasteiger partial charge >= 0.3 is 11.9 Å². The zero-order valence-electron chi connectivity index (χ0n) is 27.2. The number of unbranched alkanes of at least 4 members (excludes halogenated alkanes) is 9. The SMILES string of the molecule is CCCCCCCCCCCCOc1ccc(C(=O)Oc2ccc(C(C)[C@H](C)[C@](F)(C(=O)O)C3CCCCC3)cc2)c(F)c1F. The molecule has 3 atom stereocenters. The average Bonchev–Trinajstić information content (AvgIpc) is 3.05. The maximum atomic E-state index is 16.1. The highest BCUT2D eigenvalue weighted by Gasteiger charge is 2.52. The van der Waals surface area contributed by atoms with Crippen molar-refractivity contribution in [1.82, 2.24) is 0 Å². The van der Waals surface area contributed by atoms with E-state index in [0.29, 0.717) is 18.4 Å². The van der Waals surface area contributed by atoms with Gasteiger partial charge in [0.1, 0.15) is 5.75 Å². The van der Waals surface area contributed by atoms with Crippen LogP contribution in [0.1, 0.15) is 139 Å². The first kappa shape index (κ1) is 36.4. The fourth-order valence-corrected chi connectivity index (χ4v) is 6.49. The smallest absolute Gasteiger partial charge is 0.346 e. The molecule has 0 bridgehead atoms. The van der Waals surface area contributed by atoms with Crippen molar-refractivity contribution in [2.24, 2.45) is 11.8 Å². The second-order valence-electron chi connectivity index (χ2n) is 12.7. The van der Waals surface area contributed by atoms with Crippen LogP contribution in [0.25, 0.3) is 0 Å². The Morgan fingerprint density at radius 3 is 2.00 bits per heavy atom. The van der Waals surface area contributed by atoms with Gasteiger partial charge in [0.2, 0.25) is 11.5 Å². The average molecular weight is 633 g/mol. The fourth-order valence-electron chi connectivity index (χ4n) is 6.49. The molecule has 0 heterocycles. The van der Waals surface area contributed by atoms with E-state index in [1.165, 1.54) is 56.7 Å². The predicted octanol–water partition coefficient (Wildman–Crippen LogP) is 10.6. The summed E-state index contributed by atoms with van der Waals surface area (Å²) in [5, 5.41) is 9.88. The van der Waals surface area contributed by atoms with Crippen LogP contribution < -0.4 is 9.47 Å². The van der Waals surface area contributed by atoms with E-state index in [-0.39, 0.29) is 18.1 Å². The maximum absolute atomic E-state index is 16.1. The molecule has 0 radical (unpaired) electrons. The Morgan fingerprint density at radius 2 is 1.42 bits per heavy atom. The second kappa shape index (κ2) is 18.2. The lowest BCUT2D eigenvalue weighted by Crippen LogP contribution is -2.49. The van der Waals surface area contributed by atoms with Crippen LogP contribution in [0.4, 0.5) is 13.2 Å². The van der Waals surface area contributed by atoms with Crippen molar-refractivity contribution in [3.8, 4) is 11.5 Å². The molecule has 0 saturated heterocycles. The van der Waals surface area contributed by atoms with Crippen LogP contribution in [0.15, 0.2) is 36.4 Å². The van der Waals surface area contributed by atoms with Gasteiger partial charge in [-0.05, 0) is 55.0 Å². The molecule has 5 nitrogen and oxygen atoms in total. The summed E-state index contributed by atoms with van der Waals surface area (Å²) in [6, 6.07) is 8.61. The Hall–Kier alpha value is -3.03. The second-order valence-corrected chi connectivity index (χ2v) is 12.7. The van der Waals surface area contributed by atoms with Gasteiger partial charge in [0.15, 0.2) is 11.6 Å². The normalized spacial score (nSPS) is 16.5. The molecule has 0 aromatic heterocycles. The Balaban J connectivity index is 1.50. The molecule has 2 aromatic carbocycles. The van der Waals surface area contributed by atoms with Crippen LogP contribution in [0.5, 0.6) is 11.5 Å². The van der Waals surface area contributed by atoms with E-state index in [0.717, 1.165) is 51.0 Å². The van der Waals surface area contributed by atoms with Crippen molar-refractivity contribution in [3.05, 3.63) is 59.2 Å². The number of carbonyl (C=O) groups excluding carboxylic acids is 1. The molecule has 0 aliphatic heterocycles. The van der Waals surface area contributed by atoms with E-state index in [4.69, 9.17) is 9.47 Å². The van der Waals surface area contributed by atoms with Gasteiger partial charge in [0.25, 0.3) is 0 Å². The van der Waals surface area contributed by atoms with Gasteiger partial charge in [0.05, 0.1) is 12.2 Å². The van der Waals surface area contributed by atoms with Crippen LogP contribution in [0, 0.1) is 23.5 Å². The summed E-state index contributed by atoms with van der Waals surface area (Å²) >= 11 is 0. The van der Waals surface area contributed by atoms with Gasteiger partial charge in [-0.3, -0.25) is 0 Å². The first-order valence-electron chi connectivity index (χ1n) is 17.0. The molecule has 1 fully saturated rings. The quantitative estimate of drug-likeness (QED) is 0.0948. The number of carboxylic acid groups (broad SMARTS) is 1. The number of ether oxygens (including phenoxy) is 2. The van der Waals surface area contributed by atoms with Crippen molar-refractivity contribution in [3.63, 3.8) is 0 Å². The summed E-state index contributed by atoms with van der Waals surface area (Å²) in [5.41, 5.74) is -2.22. The summed E-state index contributed by atoms with van der Waals surface area (Å²) in [6.45, 7) is 5.88. The van der Waals surface area contributed by atoms with Gasteiger partial charge in [-0.25, -0.2) is 18.4 Å². The van der Waals surface area contributed by atoms with Crippen LogP contribution in [-0.2, 0) is 4.79 Å². The van der Waals surface area contributed by atoms with Gasteiger partial charge in [0, 0.05) is 11.8 Å². The Morgan fingerprint density at radius 1 is 0.844 bits per heavy atom. The third-order valence-electron chi connectivity index (χ3n) is 9.58. The minimum atomic E-state index is -2.35. The lowest BCUT2D eigenvalue weighted by Gasteiger charge is -2.39. The number of hydrogen-bond donors (Lipinski definition) is 1. The number of alkyl halides is 1. The molecule has 1 unspecified atom stereocenters. The zero-order chi connectivity index (χ0) is 32.8. The van der Waals surface area contributed by atoms with Crippen molar-refractivity contribution in [2.45, 2.75) is 129 Å². The topological polar surface area (TPSA) is 72.8 Å². The van der Waals surface area contributed by atoms with Crippen LogP contribution in [0.2, 0.25) is 0 Å². The highest BCUT2D eigenvalue weighted by atomic mass is 19.2. The van der Waals surface area contributed by atoms with E-state index >= 15 is 4.39 Å². The molecule has 0 spiro atoms. The zero-order valence-corrected chi connectivity index (χ0v) is 27.2. The van der Waals surface area contributed by atoms with E-state index in [1.807, 2.05) is 0 Å². The summed E-state index contributed by atoms with van der Waals surface area (Å²) in [4.78, 5) is 24.8. The van der Waals surface area contributed by atoms with Crippen molar-refractivity contribution in [1.29, 1.82) is 0 Å². The summed E-state index contributed by atoms with van der Waals surface area (Å²) in [5.74, 6) is -6.97. The van der Waals surface area contributed by atoms with Crippen LogP contribution in [0.3, 0.4) is 0 Å². The predicted molar refractivity (Wildman–Crippen MR) is 171 cm³/mol. The van der Waals surface area contributed by atoms with Crippen molar-refractivity contribution in [2.75, 3.05) is 6.61 Å². The monoisotopic (exact) mass is 632 g/mol. The van der Waals surface area contributed by atoms with E-state index in [9.17, 15) is 23.5 Å². The number of halogens is 3. The molecule has 1 N–H and O–H groups in total. The Bertz CT molecular complexity index is 1210. The molecule has 1 aliphatic rings. The highest BCUT2D eigenvalue weighted by Crippen LogP contribution is 2.45. The van der Waals surface area contributed by atoms with Crippen LogP contribution >= 0.6 is 0 Å². The number of rotatable bonds is 19. The molecule has 2 aromatic rings. The highest BCUT2D eigenvalue weighted by molar-refractivity contribution is 5.91. The number of aliphatic carboxylic acids is 1. The van der Waals surface area contributed by atoms with E-state index in [2.05, 4.69) is 6.92 Å². The maximum Gasteiger partial charge on any atom is 0.346 e. The van der Waals surface area contributed by atoms with Gasteiger partial charge < -0.3 is 14.6 Å². The molecule has 8 heteroatoms. The minimum Gasteiger partial charge on any atom is -0.490 e. The number of hydrogen-bond acceptors (Lipinski definition) is 4. The summed E-state index contributed by atoms with van der Waals surface area (Å²) < 4.78 is 56.3. The van der Waals surface area contributed by atoms with Crippen molar-refractivity contribution < 1.29 is 37.3 Å². The van der Waals surface area contributed by atoms with Gasteiger partial charge in [-0.2, -0.15) is 4.39 Å². The first-order valence-corrected chi connectivity index (χ1v) is 17.0. The molecule has 0 amide bonds. The number of benzene rings is 2. The number of carbonyl (C=O) groups is 2. The van der Waals surface area contributed by atoms with E-state index < -0.39 is 52.6 Å². The van der Waals surface area contributed by atoms with Crippen molar-refractivity contribution >= 4 is 11.9 Å². The standard InChI is InChI=1S/C37H51F3O5/c1-4-5-6-7-8-9-10-11-12-16-25-44-32-24-23-31(33(38)34(32)39)35(41)45-30-21-19-28(20-22-30)26(2)27(3)37(40,36(42)43)29-17-14-13-15-18-29/h19-24,26-27,29H,4-18,25H2,1-3H3,(H,42,43)/t26?,27-,37+/m0/s1. The van der Waals surface area contributed by atoms with Gasteiger partial charge in [-0.1, -0.05) is 110 Å². The Labute approximate surface area is 266 Å². The molecular weight excluding hydrogens is 581 g/mol. The minimum absolute atomic E-state index is 0.0988. The summed E-state index contributed by atoms with van der Waals surface area (Å²) in [6.07, 6.45) is 15.3. The Kier molecular flexibility index (Phi) is 14.7. The molecule has 250 valence electrons. The van der Waals surface area contributed by atoms with Gasteiger partial charge in [-0.15, -0.1) is 0 Å². The molecule has 1 saturated carbocycles. The lowest BCUT2D eigenvalue weighted by atomic mass is 9.67. The van der Waals surface area contributed by atoms with Crippen LogP contribution in [-0.4, -0.2) is 29.3 Å². The molecule has 1 aliphatic carbocycles. The largest absolute Gasteiger partial charge is 0.490 e.